The smallest absolute Gasteiger partial charge is 0.255 e. The highest BCUT2D eigenvalue weighted by molar-refractivity contribution is 5.99. The molecule has 1 amide bonds. The molecule has 1 fully saturated rings. The van der Waals surface area contributed by atoms with Crippen molar-refractivity contribution in [1.29, 1.82) is 0 Å². The summed E-state index contributed by atoms with van der Waals surface area (Å²) in [7, 11) is 0. The molecule has 2 aromatic carbocycles. The topological polar surface area (TPSA) is 52.6 Å². The van der Waals surface area contributed by atoms with Gasteiger partial charge in [-0.2, -0.15) is 0 Å². The third kappa shape index (κ3) is 2.29. The number of aromatic hydroxyl groups is 1. The van der Waals surface area contributed by atoms with Crippen LogP contribution in [0.4, 0.5) is 0 Å². The van der Waals surface area contributed by atoms with Crippen molar-refractivity contribution in [3.8, 4) is 5.75 Å². The molecule has 2 aliphatic rings. The number of hydrogen-bond acceptors (Lipinski definition) is 3. The lowest BCUT2D eigenvalue weighted by Gasteiger charge is -2.51. The molecule has 24 heavy (non-hydrogen) atoms. The number of piperazine rings is 1. The minimum atomic E-state index is -0.311. The molecule has 4 heteroatoms. The minimum Gasteiger partial charge on any atom is -0.508 e. The Morgan fingerprint density at radius 3 is 2.79 bits per heavy atom. The van der Waals surface area contributed by atoms with Gasteiger partial charge in [-0.05, 0) is 30.5 Å². The van der Waals surface area contributed by atoms with Gasteiger partial charge in [0.2, 0.25) is 0 Å². The highest BCUT2D eigenvalue weighted by Gasteiger charge is 2.47. The van der Waals surface area contributed by atoms with Crippen molar-refractivity contribution >= 4 is 5.91 Å². The van der Waals surface area contributed by atoms with E-state index in [2.05, 4.69) is 17.4 Å². The Morgan fingerprint density at radius 2 is 2.00 bits per heavy atom. The van der Waals surface area contributed by atoms with Gasteiger partial charge in [-0.25, -0.2) is 0 Å². The van der Waals surface area contributed by atoms with Crippen LogP contribution in [0.2, 0.25) is 0 Å². The lowest BCUT2D eigenvalue weighted by molar-refractivity contribution is 0.0314. The number of rotatable bonds is 2. The predicted molar refractivity (Wildman–Crippen MR) is 93.3 cm³/mol. The van der Waals surface area contributed by atoms with Gasteiger partial charge in [0.15, 0.2) is 0 Å². The molecule has 2 aromatic rings. The Kier molecular flexibility index (Phi) is 3.57. The molecule has 0 spiro atoms. The number of nitrogens with one attached hydrogen (secondary N) is 1. The summed E-state index contributed by atoms with van der Waals surface area (Å²) >= 11 is 0. The molecule has 0 bridgehead atoms. The van der Waals surface area contributed by atoms with Crippen molar-refractivity contribution in [3.63, 3.8) is 0 Å². The summed E-state index contributed by atoms with van der Waals surface area (Å²) in [5, 5.41) is 13.8. The number of carbonyl (C=O) groups is 1. The van der Waals surface area contributed by atoms with E-state index in [4.69, 9.17) is 0 Å². The summed E-state index contributed by atoms with van der Waals surface area (Å²) < 4.78 is 0. The fourth-order valence-corrected chi connectivity index (χ4v) is 4.21. The first kappa shape index (κ1) is 15.2. The third-order valence-electron chi connectivity index (χ3n) is 5.38. The Hall–Kier alpha value is -2.33. The Balaban J connectivity index is 1.82. The number of fused-ring (bicyclic) bond motifs is 2. The second-order valence-corrected chi connectivity index (χ2v) is 6.95. The molecule has 4 nitrogen and oxygen atoms in total. The van der Waals surface area contributed by atoms with Crippen molar-refractivity contribution in [1.82, 2.24) is 10.2 Å². The van der Waals surface area contributed by atoms with Gasteiger partial charge in [-0.15, -0.1) is 0 Å². The monoisotopic (exact) mass is 322 g/mol. The van der Waals surface area contributed by atoms with Crippen LogP contribution in [0.3, 0.4) is 0 Å². The largest absolute Gasteiger partial charge is 0.508 e. The lowest BCUT2D eigenvalue weighted by atomic mass is 9.76. The molecule has 4 rings (SSSR count). The van der Waals surface area contributed by atoms with Gasteiger partial charge in [-0.1, -0.05) is 36.4 Å². The van der Waals surface area contributed by atoms with Crippen LogP contribution in [0.1, 0.15) is 27.0 Å². The summed E-state index contributed by atoms with van der Waals surface area (Å²) in [4.78, 5) is 15.2. The normalized spacial score (nSPS) is 22.9. The van der Waals surface area contributed by atoms with Crippen molar-refractivity contribution in [2.75, 3.05) is 19.6 Å². The van der Waals surface area contributed by atoms with Gasteiger partial charge in [0.25, 0.3) is 5.91 Å². The van der Waals surface area contributed by atoms with Crippen LogP contribution < -0.4 is 5.32 Å². The van der Waals surface area contributed by atoms with E-state index >= 15 is 0 Å². The van der Waals surface area contributed by atoms with E-state index in [-0.39, 0.29) is 17.2 Å². The maximum absolute atomic E-state index is 13.2. The maximum atomic E-state index is 13.2. The molecule has 124 valence electrons. The zero-order valence-corrected chi connectivity index (χ0v) is 13.9. The molecule has 0 aromatic heterocycles. The van der Waals surface area contributed by atoms with Crippen LogP contribution in [-0.2, 0) is 12.8 Å². The second-order valence-electron chi connectivity index (χ2n) is 6.95. The van der Waals surface area contributed by atoms with Crippen LogP contribution in [0.15, 0.2) is 42.5 Å². The fraction of sp³-hybridized carbons (Fsp3) is 0.350. The van der Waals surface area contributed by atoms with E-state index in [1.165, 1.54) is 5.56 Å². The van der Waals surface area contributed by atoms with Gasteiger partial charge >= 0.3 is 0 Å². The standard InChI is InChI=1S/C20H22N2O2/c1-14-7-8-17(23)16-12-20(11-15-5-3-2-4-6-15)13-21-9-10-22(20)19(24)18(14)16/h2-8,21,23H,9-13H2,1H3/t20-/m1/s1. The van der Waals surface area contributed by atoms with Gasteiger partial charge in [-0.3, -0.25) is 4.79 Å². The van der Waals surface area contributed by atoms with Crippen LogP contribution in [-0.4, -0.2) is 41.1 Å². The molecule has 2 aliphatic heterocycles. The molecular weight excluding hydrogens is 300 g/mol. The van der Waals surface area contributed by atoms with Crippen molar-refractivity contribution < 1.29 is 9.90 Å². The van der Waals surface area contributed by atoms with Gasteiger partial charge in [0, 0.05) is 37.2 Å². The molecule has 2 heterocycles. The van der Waals surface area contributed by atoms with E-state index in [1.807, 2.05) is 36.1 Å². The first-order valence-corrected chi connectivity index (χ1v) is 8.49. The number of benzene rings is 2. The third-order valence-corrected chi connectivity index (χ3v) is 5.38. The number of aryl methyl sites for hydroxylation is 1. The number of nitrogens with zero attached hydrogens (tertiary/aromatic N) is 1. The van der Waals surface area contributed by atoms with Crippen molar-refractivity contribution in [2.45, 2.75) is 25.3 Å². The number of amides is 1. The SMILES string of the molecule is Cc1ccc(O)c2c1C(=O)N1CCNC[C@@]1(Cc1ccccc1)C2. The number of hydrogen-bond donors (Lipinski definition) is 2. The summed E-state index contributed by atoms with van der Waals surface area (Å²) in [5.74, 6) is 0.295. The molecule has 1 saturated heterocycles. The quantitative estimate of drug-likeness (QED) is 0.892. The summed E-state index contributed by atoms with van der Waals surface area (Å²) in [6.07, 6.45) is 1.48. The van der Waals surface area contributed by atoms with E-state index in [0.29, 0.717) is 18.5 Å². The predicted octanol–water partition coefficient (Wildman–Crippen LogP) is 2.28. The van der Waals surface area contributed by atoms with Gasteiger partial charge < -0.3 is 15.3 Å². The van der Waals surface area contributed by atoms with Crippen LogP contribution in [0.5, 0.6) is 5.75 Å². The van der Waals surface area contributed by atoms with Gasteiger partial charge in [0.05, 0.1) is 5.54 Å². The zero-order valence-electron chi connectivity index (χ0n) is 13.9. The molecule has 0 radical (unpaired) electrons. The van der Waals surface area contributed by atoms with E-state index in [1.54, 1.807) is 6.07 Å². The summed E-state index contributed by atoms with van der Waals surface area (Å²) in [6, 6.07) is 13.8. The van der Waals surface area contributed by atoms with E-state index in [0.717, 1.165) is 30.6 Å². The summed E-state index contributed by atoms with van der Waals surface area (Å²) in [6.45, 7) is 4.22. The zero-order chi connectivity index (χ0) is 16.7. The molecular formula is C20H22N2O2. The molecule has 2 N–H and O–H groups in total. The first-order chi connectivity index (χ1) is 11.6. The first-order valence-electron chi connectivity index (χ1n) is 8.49. The molecule has 0 saturated carbocycles. The minimum absolute atomic E-state index is 0.0575. The Labute approximate surface area is 142 Å². The van der Waals surface area contributed by atoms with Crippen molar-refractivity contribution in [2.24, 2.45) is 0 Å². The number of carbonyl (C=O) groups excluding carboxylic acids is 1. The van der Waals surface area contributed by atoms with Crippen molar-refractivity contribution in [3.05, 3.63) is 64.7 Å². The number of phenols is 1. The lowest BCUT2D eigenvalue weighted by Crippen LogP contribution is -2.67. The Bertz CT molecular complexity index is 788. The average Bonchev–Trinajstić information content (AvgIpc) is 2.59. The highest BCUT2D eigenvalue weighted by Crippen LogP contribution is 2.39. The number of phenolic OH excluding ortho intramolecular Hbond substituents is 1. The van der Waals surface area contributed by atoms with Gasteiger partial charge in [0.1, 0.15) is 5.75 Å². The Morgan fingerprint density at radius 1 is 1.21 bits per heavy atom. The molecule has 0 aliphatic carbocycles. The summed E-state index contributed by atoms with van der Waals surface area (Å²) in [5.41, 5.74) is 3.35. The molecule has 0 unspecified atom stereocenters. The highest BCUT2D eigenvalue weighted by atomic mass is 16.3. The van der Waals surface area contributed by atoms with E-state index < -0.39 is 0 Å². The second kappa shape index (κ2) is 5.64. The van der Waals surface area contributed by atoms with Crippen LogP contribution in [0.25, 0.3) is 0 Å². The molecule has 1 atom stereocenters. The van der Waals surface area contributed by atoms with E-state index in [9.17, 15) is 9.90 Å². The van der Waals surface area contributed by atoms with Crippen LogP contribution >= 0.6 is 0 Å². The maximum Gasteiger partial charge on any atom is 0.255 e. The van der Waals surface area contributed by atoms with Crippen LogP contribution in [0, 0.1) is 6.92 Å². The average molecular weight is 322 g/mol. The fourth-order valence-electron chi connectivity index (χ4n) is 4.21.